The number of aromatic nitrogens is 2. The van der Waals surface area contributed by atoms with Gasteiger partial charge in [-0.15, -0.1) is 0 Å². The number of hydrogen-bond acceptors (Lipinski definition) is 3. The second-order valence-electron chi connectivity index (χ2n) is 4.60. The van der Waals surface area contributed by atoms with Crippen LogP contribution in [0.4, 0.5) is 0 Å². The molecule has 1 aromatic carbocycles. The van der Waals surface area contributed by atoms with Crippen molar-refractivity contribution in [2.45, 2.75) is 19.3 Å². The van der Waals surface area contributed by atoms with Gasteiger partial charge in [-0.25, -0.2) is 5.43 Å². The van der Waals surface area contributed by atoms with Gasteiger partial charge in [0.05, 0.1) is 6.21 Å². The van der Waals surface area contributed by atoms with Crippen LogP contribution in [0, 0.1) is 0 Å². The molecule has 1 aliphatic rings. The number of fused-ring (bicyclic) bond motifs is 1. The van der Waals surface area contributed by atoms with Crippen LogP contribution in [0.5, 0.6) is 0 Å². The largest absolute Gasteiger partial charge is 0.292 e. The van der Waals surface area contributed by atoms with Crippen LogP contribution in [0.3, 0.4) is 0 Å². The third kappa shape index (κ3) is 2.51. The van der Waals surface area contributed by atoms with E-state index in [2.05, 4.69) is 36.7 Å². The molecule has 0 aliphatic heterocycles. The first-order valence-electron chi connectivity index (χ1n) is 6.40. The Hall–Kier alpha value is -1.95. The molecular weight excluding hydrogens is 320 g/mol. The minimum absolute atomic E-state index is 0.271. The number of H-pyrrole nitrogens is 1. The van der Waals surface area contributed by atoms with E-state index in [1.165, 1.54) is 0 Å². The zero-order valence-corrected chi connectivity index (χ0v) is 12.3. The number of hydrogen-bond donors (Lipinski definition) is 2. The number of benzene rings is 1. The molecule has 0 atom stereocenters. The van der Waals surface area contributed by atoms with Crippen molar-refractivity contribution in [3.8, 4) is 0 Å². The normalized spacial score (nSPS) is 13.7. The highest BCUT2D eigenvalue weighted by Crippen LogP contribution is 2.22. The van der Waals surface area contributed by atoms with Crippen molar-refractivity contribution in [2.24, 2.45) is 5.10 Å². The zero-order valence-electron chi connectivity index (χ0n) is 10.7. The average Bonchev–Trinajstić information content (AvgIpc) is 3.03. The summed E-state index contributed by atoms with van der Waals surface area (Å²) < 4.78 is 0.929. The summed E-state index contributed by atoms with van der Waals surface area (Å²) in [5.74, 6) is -0.271. The number of hydrazone groups is 1. The number of carbonyl (C=O) groups excluding carboxylic acids is 1. The monoisotopic (exact) mass is 332 g/mol. The molecule has 1 amide bonds. The Labute approximate surface area is 124 Å². The number of carbonyl (C=O) groups is 1. The van der Waals surface area contributed by atoms with E-state index in [0.717, 1.165) is 40.6 Å². The minimum Gasteiger partial charge on any atom is -0.281 e. The number of aryl methyl sites for hydroxylation is 1. The van der Waals surface area contributed by atoms with E-state index in [9.17, 15) is 4.79 Å². The van der Waals surface area contributed by atoms with Gasteiger partial charge in [-0.3, -0.25) is 9.89 Å². The molecule has 0 saturated carbocycles. The number of aromatic amines is 1. The number of halogens is 1. The summed E-state index contributed by atoms with van der Waals surface area (Å²) in [6.07, 6.45) is 4.55. The average molecular weight is 333 g/mol. The molecule has 2 aromatic rings. The van der Waals surface area contributed by atoms with E-state index >= 15 is 0 Å². The van der Waals surface area contributed by atoms with Gasteiger partial charge in [0.15, 0.2) is 5.69 Å². The van der Waals surface area contributed by atoms with Crippen molar-refractivity contribution in [3.63, 3.8) is 0 Å². The number of nitrogens with one attached hydrogen (secondary N) is 2. The second-order valence-corrected chi connectivity index (χ2v) is 5.46. The van der Waals surface area contributed by atoms with Crippen LogP contribution in [0.25, 0.3) is 0 Å². The molecule has 0 saturated heterocycles. The molecule has 5 nitrogen and oxygen atoms in total. The predicted molar refractivity (Wildman–Crippen MR) is 79.8 cm³/mol. The fourth-order valence-corrected chi connectivity index (χ4v) is 2.69. The van der Waals surface area contributed by atoms with Gasteiger partial charge in [0, 0.05) is 21.3 Å². The molecule has 2 N–H and O–H groups in total. The first-order chi connectivity index (χ1) is 9.75. The molecular formula is C14H13BrN4O. The molecule has 0 fully saturated rings. The summed E-state index contributed by atoms with van der Waals surface area (Å²) in [6.45, 7) is 0. The number of nitrogens with zero attached hydrogens (tertiary/aromatic N) is 2. The van der Waals surface area contributed by atoms with Crippen molar-refractivity contribution in [2.75, 3.05) is 0 Å². The standard InChI is InChI=1S/C14H13BrN4O/c15-11-6-2-1-4-9(11)8-16-19-14(20)13-10-5-3-7-12(10)17-18-13/h1-2,4,6,8H,3,5,7H2,(H,17,18)(H,19,20). The summed E-state index contributed by atoms with van der Waals surface area (Å²) in [4.78, 5) is 12.0. The van der Waals surface area contributed by atoms with E-state index in [0.29, 0.717) is 5.69 Å². The van der Waals surface area contributed by atoms with Gasteiger partial charge >= 0.3 is 0 Å². The van der Waals surface area contributed by atoms with Gasteiger partial charge in [0.25, 0.3) is 5.91 Å². The first-order valence-corrected chi connectivity index (χ1v) is 7.19. The summed E-state index contributed by atoms with van der Waals surface area (Å²) in [7, 11) is 0. The van der Waals surface area contributed by atoms with Crippen molar-refractivity contribution < 1.29 is 4.79 Å². The van der Waals surface area contributed by atoms with E-state index in [1.54, 1.807) is 6.21 Å². The lowest BCUT2D eigenvalue weighted by Crippen LogP contribution is -2.19. The Morgan fingerprint density at radius 1 is 1.40 bits per heavy atom. The van der Waals surface area contributed by atoms with Gasteiger partial charge in [-0.2, -0.15) is 10.2 Å². The molecule has 1 aromatic heterocycles. The Morgan fingerprint density at radius 3 is 3.10 bits per heavy atom. The van der Waals surface area contributed by atoms with E-state index in [4.69, 9.17) is 0 Å². The molecule has 3 rings (SSSR count). The lowest BCUT2D eigenvalue weighted by molar-refractivity contribution is 0.0949. The van der Waals surface area contributed by atoms with Crippen molar-refractivity contribution >= 4 is 28.1 Å². The molecule has 1 heterocycles. The van der Waals surface area contributed by atoms with Gasteiger partial charge in [0.2, 0.25) is 0 Å². The summed E-state index contributed by atoms with van der Waals surface area (Å²) in [6, 6.07) is 7.66. The summed E-state index contributed by atoms with van der Waals surface area (Å²) >= 11 is 3.42. The summed E-state index contributed by atoms with van der Waals surface area (Å²) in [5, 5.41) is 11.0. The zero-order chi connectivity index (χ0) is 13.9. The number of rotatable bonds is 3. The maximum Gasteiger partial charge on any atom is 0.292 e. The van der Waals surface area contributed by atoms with Gasteiger partial charge in [0.1, 0.15) is 0 Å². The molecule has 102 valence electrons. The van der Waals surface area contributed by atoms with E-state index in [-0.39, 0.29) is 5.91 Å². The van der Waals surface area contributed by atoms with Crippen molar-refractivity contribution in [1.29, 1.82) is 0 Å². The van der Waals surface area contributed by atoms with Crippen LogP contribution in [0.1, 0.15) is 33.7 Å². The molecule has 0 radical (unpaired) electrons. The third-order valence-electron chi connectivity index (χ3n) is 3.30. The van der Waals surface area contributed by atoms with E-state index < -0.39 is 0 Å². The van der Waals surface area contributed by atoms with Crippen LogP contribution >= 0.6 is 15.9 Å². The smallest absolute Gasteiger partial charge is 0.281 e. The molecule has 6 heteroatoms. The molecule has 1 aliphatic carbocycles. The van der Waals surface area contributed by atoms with Crippen LogP contribution in [0.2, 0.25) is 0 Å². The lowest BCUT2D eigenvalue weighted by atomic mass is 10.2. The second kappa shape index (κ2) is 5.58. The highest BCUT2D eigenvalue weighted by molar-refractivity contribution is 9.10. The quantitative estimate of drug-likeness (QED) is 0.669. The topological polar surface area (TPSA) is 70.1 Å². The van der Waals surface area contributed by atoms with Crippen LogP contribution < -0.4 is 5.43 Å². The van der Waals surface area contributed by atoms with Crippen LogP contribution in [-0.2, 0) is 12.8 Å². The summed E-state index contributed by atoms with van der Waals surface area (Å²) in [5.41, 5.74) is 5.98. The molecule has 20 heavy (non-hydrogen) atoms. The fourth-order valence-electron chi connectivity index (χ4n) is 2.30. The van der Waals surface area contributed by atoms with E-state index in [1.807, 2.05) is 24.3 Å². The minimum atomic E-state index is -0.271. The van der Waals surface area contributed by atoms with Gasteiger partial charge in [-0.1, -0.05) is 34.1 Å². The fraction of sp³-hybridized carbons (Fsp3) is 0.214. The Balaban J connectivity index is 1.69. The Morgan fingerprint density at radius 2 is 2.25 bits per heavy atom. The van der Waals surface area contributed by atoms with Crippen LogP contribution in [0.15, 0.2) is 33.8 Å². The molecule has 0 unspecified atom stereocenters. The van der Waals surface area contributed by atoms with Gasteiger partial charge < -0.3 is 0 Å². The Bertz CT molecular complexity index is 678. The third-order valence-corrected chi connectivity index (χ3v) is 4.02. The van der Waals surface area contributed by atoms with Crippen molar-refractivity contribution in [3.05, 3.63) is 51.3 Å². The van der Waals surface area contributed by atoms with Gasteiger partial charge in [-0.05, 0) is 25.3 Å². The Kier molecular flexibility index (Phi) is 3.64. The van der Waals surface area contributed by atoms with Crippen molar-refractivity contribution in [1.82, 2.24) is 15.6 Å². The van der Waals surface area contributed by atoms with Crippen LogP contribution in [-0.4, -0.2) is 22.3 Å². The SMILES string of the molecule is O=C(NN=Cc1ccccc1Br)c1n[nH]c2c1CCC2. The molecule has 0 spiro atoms. The number of amides is 1. The highest BCUT2D eigenvalue weighted by Gasteiger charge is 2.22. The highest BCUT2D eigenvalue weighted by atomic mass is 79.9. The molecule has 0 bridgehead atoms. The maximum atomic E-state index is 12.0. The first kappa shape index (κ1) is 13.1. The predicted octanol–water partition coefficient (Wildman–Crippen LogP) is 2.42. The lowest BCUT2D eigenvalue weighted by Gasteiger charge is -1.99. The maximum absolute atomic E-state index is 12.0.